The molecule has 15 heavy (non-hydrogen) atoms. The Morgan fingerprint density at radius 1 is 1.20 bits per heavy atom. The number of hydrogen-bond donors (Lipinski definition) is 0. The van der Waals surface area contributed by atoms with E-state index in [1.54, 1.807) is 0 Å². The monoisotopic (exact) mass is 208 g/mol. The summed E-state index contributed by atoms with van der Waals surface area (Å²) in [6, 6.07) is 0. The van der Waals surface area contributed by atoms with Crippen LogP contribution in [0.3, 0.4) is 0 Å². The zero-order chi connectivity index (χ0) is 10.6. The van der Waals surface area contributed by atoms with Crippen LogP contribution >= 0.6 is 0 Å². The van der Waals surface area contributed by atoms with Gasteiger partial charge in [0.25, 0.3) is 0 Å². The minimum Gasteiger partial charge on any atom is -0.347 e. The average Bonchev–Trinajstić information content (AvgIpc) is 2.72. The van der Waals surface area contributed by atoms with Gasteiger partial charge in [-0.3, -0.25) is 0 Å². The Hall–Kier alpha value is -0.340. The Labute approximate surface area is 91.6 Å². The summed E-state index contributed by atoms with van der Waals surface area (Å²) in [5.41, 5.74) is 1.43. The van der Waals surface area contributed by atoms with Gasteiger partial charge in [0.2, 0.25) is 0 Å². The van der Waals surface area contributed by atoms with Gasteiger partial charge in [-0.2, -0.15) is 0 Å². The van der Waals surface area contributed by atoms with Crippen LogP contribution in [-0.4, -0.2) is 19.0 Å². The van der Waals surface area contributed by atoms with E-state index in [1.165, 1.54) is 18.4 Å². The Bertz CT molecular complexity index is 291. The topological polar surface area (TPSA) is 18.5 Å². The highest BCUT2D eigenvalue weighted by Crippen LogP contribution is 2.61. The van der Waals surface area contributed by atoms with Crippen molar-refractivity contribution in [2.45, 2.75) is 32.5 Å². The van der Waals surface area contributed by atoms with E-state index in [0.717, 1.165) is 13.2 Å². The predicted octanol–water partition coefficient (Wildman–Crippen LogP) is 2.60. The highest BCUT2D eigenvalue weighted by molar-refractivity contribution is 5.22. The van der Waals surface area contributed by atoms with Crippen LogP contribution in [0.5, 0.6) is 0 Å². The van der Waals surface area contributed by atoms with Crippen LogP contribution < -0.4 is 0 Å². The minimum absolute atomic E-state index is 0.228. The standard InChI is InChI=1S/C13H20O2/c1-8-4-5-11-12(9(8)2)10(3)13(11)14-6-7-15-13/h8,10-12H,2,4-7H2,1,3H3/t8?,10-,11+,12+/m1/s1. The fraction of sp³-hybridized carbons (Fsp3) is 0.846. The van der Waals surface area contributed by atoms with E-state index in [-0.39, 0.29) is 5.79 Å². The van der Waals surface area contributed by atoms with E-state index in [9.17, 15) is 0 Å². The van der Waals surface area contributed by atoms with Gasteiger partial charge < -0.3 is 9.47 Å². The van der Waals surface area contributed by atoms with Crippen LogP contribution in [-0.2, 0) is 9.47 Å². The number of hydrogen-bond acceptors (Lipinski definition) is 2. The van der Waals surface area contributed by atoms with Crippen LogP contribution in [0.15, 0.2) is 12.2 Å². The summed E-state index contributed by atoms with van der Waals surface area (Å²) in [4.78, 5) is 0. The molecule has 3 rings (SSSR count). The Kier molecular flexibility index (Phi) is 2.02. The van der Waals surface area contributed by atoms with E-state index >= 15 is 0 Å². The SMILES string of the molecule is C=C1C(C)CC[C@H]2[C@@H]1[C@@H](C)C21OCCO1. The molecule has 1 aliphatic heterocycles. The van der Waals surface area contributed by atoms with Gasteiger partial charge in [-0.05, 0) is 24.7 Å². The molecule has 4 atom stereocenters. The molecule has 1 unspecified atom stereocenters. The summed E-state index contributed by atoms with van der Waals surface area (Å²) in [7, 11) is 0. The lowest BCUT2D eigenvalue weighted by Gasteiger charge is -2.60. The highest BCUT2D eigenvalue weighted by Gasteiger charge is 2.65. The van der Waals surface area contributed by atoms with Gasteiger partial charge in [-0.15, -0.1) is 0 Å². The normalized spacial score (nSPS) is 47.7. The first-order valence-electron chi connectivity index (χ1n) is 6.13. The van der Waals surface area contributed by atoms with Crippen molar-refractivity contribution in [1.29, 1.82) is 0 Å². The maximum Gasteiger partial charge on any atom is 0.174 e. The number of ether oxygens (including phenoxy) is 2. The second-order valence-electron chi connectivity index (χ2n) is 5.39. The summed E-state index contributed by atoms with van der Waals surface area (Å²) in [6.45, 7) is 10.4. The summed E-state index contributed by atoms with van der Waals surface area (Å²) < 4.78 is 11.8. The molecule has 2 aliphatic carbocycles. The lowest BCUT2D eigenvalue weighted by atomic mass is 9.51. The molecule has 3 fully saturated rings. The molecule has 0 radical (unpaired) electrons. The van der Waals surface area contributed by atoms with Crippen molar-refractivity contribution in [2.75, 3.05) is 13.2 Å². The second kappa shape index (κ2) is 3.08. The number of rotatable bonds is 0. The largest absolute Gasteiger partial charge is 0.347 e. The van der Waals surface area contributed by atoms with E-state index in [2.05, 4.69) is 20.4 Å². The molecule has 0 aromatic carbocycles. The van der Waals surface area contributed by atoms with Crippen molar-refractivity contribution in [2.24, 2.45) is 23.7 Å². The maximum atomic E-state index is 5.88. The number of fused-ring (bicyclic) bond motifs is 2. The lowest BCUT2D eigenvalue weighted by molar-refractivity contribution is -0.314. The Balaban J connectivity index is 1.86. The van der Waals surface area contributed by atoms with Crippen LogP contribution in [0.1, 0.15) is 26.7 Å². The third-order valence-corrected chi connectivity index (χ3v) is 4.83. The third-order valence-electron chi connectivity index (χ3n) is 4.83. The van der Waals surface area contributed by atoms with Gasteiger partial charge in [-0.1, -0.05) is 26.0 Å². The molecular formula is C13H20O2. The molecule has 0 aromatic heterocycles. The molecule has 2 heteroatoms. The average molecular weight is 208 g/mol. The van der Waals surface area contributed by atoms with E-state index in [0.29, 0.717) is 23.7 Å². The summed E-state index contributed by atoms with van der Waals surface area (Å²) in [6.07, 6.45) is 2.50. The van der Waals surface area contributed by atoms with Gasteiger partial charge in [-0.25, -0.2) is 0 Å². The first kappa shape index (κ1) is 9.86. The van der Waals surface area contributed by atoms with Crippen molar-refractivity contribution in [3.8, 4) is 0 Å². The zero-order valence-electron chi connectivity index (χ0n) is 9.66. The van der Waals surface area contributed by atoms with Gasteiger partial charge in [0.1, 0.15) is 0 Å². The van der Waals surface area contributed by atoms with Gasteiger partial charge in [0, 0.05) is 11.8 Å². The third kappa shape index (κ3) is 1.07. The molecule has 0 bridgehead atoms. The fourth-order valence-electron chi connectivity index (χ4n) is 3.89. The summed E-state index contributed by atoms with van der Waals surface area (Å²) in [5, 5.41) is 0. The van der Waals surface area contributed by atoms with E-state index in [4.69, 9.17) is 9.47 Å². The van der Waals surface area contributed by atoms with Crippen LogP contribution in [0.4, 0.5) is 0 Å². The molecule has 0 N–H and O–H groups in total. The van der Waals surface area contributed by atoms with E-state index < -0.39 is 0 Å². The van der Waals surface area contributed by atoms with Crippen LogP contribution in [0.25, 0.3) is 0 Å². The van der Waals surface area contributed by atoms with E-state index in [1.807, 2.05) is 0 Å². The summed E-state index contributed by atoms with van der Waals surface area (Å²) >= 11 is 0. The molecule has 2 saturated carbocycles. The Morgan fingerprint density at radius 2 is 1.87 bits per heavy atom. The first-order chi connectivity index (χ1) is 7.17. The van der Waals surface area contributed by atoms with Crippen molar-refractivity contribution in [1.82, 2.24) is 0 Å². The van der Waals surface area contributed by atoms with Crippen LogP contribution in [0.2, 0.25) is 0 Å². The molecular weight excluding hydrogens is 188 g/mol. The maximum absolute atomic E-state index is 5.88. The predicted molar refractivity (Wildman–Crippen MR) is 58.3 cm³/mol. The molecule has 1 heterocycles. The van der Waals surface area contributed by atoms with Crippen LogP contribution in [0, 0.1) is 23.7 Å². The minimum atomic E-state index is -0.228. The van der Waals surface area contributed by atoms with Crippen molar-refractivity contribution in [3.05, 3.63) is 12.2 Å². The smallest absolute Gasteiger partial charge is 0.174 e. The van der Waals surface area contributed by atoms with Gasteiger partial charge >= 0.3 is 0 Å². The summed E-state index contributed by atoms with van der Waals surface area (Å²) in [5.74, 6) is 2.19. The highest BCUT2D eigenvalue weighted by atomic mass is 16.7. The molecule has 1 saturated heterocycles. The van der Waals surface area contributed by atoms with Gasteiger partial charge in [0.05, 0.1) is 13.2 Å². The molecule has 0 aromatic rings. The molecule has 2 nitrogen and oxygen atoms in total. The van der Waals surface area contributed by atoms with Crippen molar-refractivity contribution in [3.63, 3.8) is 0 Å². The number of allylic oxidation sites excluding steroid dienone is 1. The first-order valence-corrected chi connectivity index (χ1v) is 6.13. The quantitative estimate of drug-likeness (QED) is 0.570. The lowest BCUT2D eigenvalue weighted by Crippen LogP contribution is -2.64. The molecule has 1 spiro atoms. The molecule has 84 valence electrons. The molecule has 3 aliphatic rings. The zero-order valence-corrected chi connectivity index (χ0v) is 9.66. The Morgan fingerprint density at radius 3 is 2.53 bits per heavy atom. The second-order valence-corrected chi connectivity index (χ2v) is 5.39. The van der Waals surface area contributed by atoms with Gasteiger partial charge in [0.15, 0.2) is 5.79 Å². The molecule has 0 amide bonds. The van der Waals surface area contributed by atoms with Crippen molar-refractivity contribution >= 4 is 0 Å². The fourth-order valence-corrected chi connectivity index (χ4v) is 3.89. The van der Waals surface area contributed by atoms with Crippen molar-refractivity contribution < 1.29 is 9.47 Å².